The molecule has 146 valence electrons. The Kier molecular flexibility index (Phi) is 5.40. The number of hydrogen-bond acceptors (Lipinski definition) is 6. The van der Waals surface area contributed by atoms with E-state index in [1.165, 1.54) is 0 Å². The van der Waals surface area contributed by atoms with Gasteiger partial charge in [0.05, 0.1) is 25.7 Å². The van der Waals surface area contributed by atoms with Crippen molar-refractivity contribution in [2.24, 2.45) is 5.92 Å². The van der Waals surface area contributed by atoms with E-state index in [1.807, 2.05) is 0 Å². The van der Waals surface area contributed by atoms with E-state index in [4.69, 9.17) is 18.9 Å². The summed E-state index contributed by atoms with van der Waals surface area (Å²) in [5.74, 6) is 1.32. The summed E-state index contributed by atoms with van der Waals surface area (Å²) in [7, 11) is 3.11. The molecular weight excluding hydrogens is 360 g/mol. The lowest BCUT2D eigenvalue weighted by molar-refractivity contribution is -0.137. The minimum atomic E-state index is -0.339. The van der Waals surface area contributed by atoms with Gasteiger partial charge < -0.3 is 18.9 Å². The lowest BCUT2D eigenvalue weighted by Crippen LogP contribution is -2.15. The van der Waals surface area contributed by atoms with Crippen molar-refractivity contribution in [1.82, 2.24) is 0 Å². The molecule has 0 bridgehead atoms. The Labute approximate surface area is 163 Å². The second kappa shape index (κ2) is 7.76. The number of ketones is 1. The SMILES string of the molecule is COc1ccc(/C=C2\Oc3c(ccc(OC(=O)C(C)C)c3C)C2=O)cc1OC. The highest BCUT2D eigenvalue weighted by atomic mass is 16.5. The van der Waals surface area contributed by atoms with Crippen LogP contribution in [0.4, 0.5) is 0 Å². The third-order valence-electron chi connectivity index (χ3n) is 4.42. The van der Waals surface area contributed by atoms with Gasteiger partial charge in [-0.1, -0.05) is 19.9 Å². The lowest BCUT2D eigenvalue weighted by Gasteiger charge is -2.11. The Morgan fingerprint density at radius 3 is 2.36 bits per heavy atom. The summed E-state index contributed by atoms with van der Waals surface area (Å²) in [6.07, 6.45) is 1.64. The Morgan fingerprint density at radius 1 is 1.04 bits per heavy atom. The van der Waals surface area contributed by atoms with Gasteiger partial charge in [-0.3, -0.25) is 9.59 Å². The maximum atomic E-state index is 12.7. The van der Waals surface area contributed by atoms with Crippen LogP contribution in [0, 0.1) is 12.8 Å². The van der Waals surface area contributed by atoms with E-state index in [0.29, 0.717) is 34.1 Å². The molecule has 6 heteroatoms. The van der Waals surface area contributed by atoms with E-state index in [2.05, 4.69) is 0 Å². The fourth-order valence-corrected chi connectivity index (χ4v) is 2.80. The molecule has 6 nitrogen and oxygen atoms in total. The van der Waals surface area contributed by atoms with E-state index in [1.54, 1.807) is 71.4 Å². The van der Waals surface area contributed by atoms with E-state index >= 15 is 0 Å². The van der Waals surface area contributed by atoms with Crippen molar-refractivity contribution >= 4 is 17.8 Å². The van der Waals surface area contributed by atoms with Crippen LogP contribution in [0.25, 0.3) is 6.08 Å². The summed E-state index contributed by atoms with van der Waals surface area (Å²) in [6, 6.07) is 8.55. The molecule has 1 heterocycles. The lowest BCUT2D eigenvalue weighted by atomic mass is 10.1. The topological polar surface area (TPSA) is 71.1 Å². The molecule has 0 radical (unpaired) electrons. The number of methoxy groups -OCH3 is 2. The zero-order valence-electron chi connectivity index (χ0n) is 16.5. The number of rotatable bonds is 5. The number of hydrogen-bond donors (Lipinski definition) is 0. The number of carbonyl (C=O) groups is 2. The highest BCUT2D eigenvalue weighted by Crippen LogP contribution is 2.40. The number of Topliss-reactive ketones (excluding diaryl/α,β-unsaturated/α-hetero) is 1. The molecule has 0 fully saturated rings. The van der Waals surface area contributed by atoms with Crippen LogP contribution < -0.4 is 18.9 Å². The summed E-state index contributed by atoms with van der Waals surface area (Å²) in [6.45, 7) is 5.28. The molecular formula is C22H22O6. The van der Waals surface area contributed by atoms with Crippen molar-refractivity contribution in [3.63, 3.8) is 0 Å². The molecule has 1 aliphatic rings. The first-order chi connectivity index (χ1) is 13.3. The number of carbonyl (C=O) groups excluding carboxylic acids is 2. The van der Waals surface area contributed by atoms with Crippen LogP contribution >= 0.6 is 0 Å². The van der Waals surface area contributed by atoms with Crippen LogP contribution in [0.15, 0.2) is 36.1 Å². The number of fused-ring (bicyclic) bond motifs is 1. The maximum Gasteiger partial charge on any atom is 0.313 e. The predicted octanol–water partition coefficient (Wildman–Crippen LogP) is 4.19. The fraction of sp³-hybridized carbons (Fsp3) is 0.273. The third kappa shape index (κ3) is 3.58. The van der Waals surface area contributed by atoms with E-state index in [0.717, 1.165) is 5.56 Å². The Balaban J connectivity index is 1.92. The van der Waals surface area contributed by atoms with Gasteiger partial charge in [-0.25, -0.2) is 0 Å². The maximum absolute atomic E-state index is 12.7. The molecule has 0 saturated carbocycles. The largest absolute Gasteiger partial charge is 0.493 e. The number of benzene rings is 2. The third-order valence-corrected chi connectivity index (χ3v) is 4.42. The molecule has 2 aromatic rings. The number of allylic oxidation sites excluding steroid dienone is 1. The zero-order chi connectivity index (χ0) is 20.4. The first-order valence-corrected chi connectivity index (χ1v) is 8.87. The molecule has 0 spiro atoms. The predicted molar refractivity (Wildman–Crippen MR) is 104 cm³/mol. The van der Waals surface area contributed by atoms with E-state index < -0.39 is 0 Å². The molecule has 3 rings (SSSR count). The van der Waals surface area contributed by atoms with Crippen molar-refractivity contribution in [2.75, 3.05) is 14.2 Å². The monoisotopic (exact) mass is 382 g/mol. The number of ether oxygens (including phenoxy) is 4. The summed E-state index contributed by atoms with van der Waals surface area (Å²) in [5, 5.41) is 0. The van der Waals surface area contributed by atoms with Crippen LogP contribution in [-0.4, -0.2) is 26.0 Å². The molecule has 28 heavy (non-hydrogen) atoms. The fourth-order valence-electron chi connectivity index (χ4n) is 2.80. The second-order valence-corrected chi connectivity index (χ2v) is 6.70. The normalized spacial score (nSPS) is 14.1. The van der Waals surface area contributed by atoms with Crippen LogP contribution in [-0.2, 0) is 4.79 Å². The van der Waals surface area contributed by atoms with Crippen molar-refractivity contribution < 1.29 is 28.5 Å². The molecule has 0 atom stereocenters. The van der Waals surface area contributed by atoms with E-state index in [9.17, 15) is 9.59 Å². The Bertz CT molecular complexity index is 971. The van der Waals surface area contributed by atoms with Crippen molar-refractivity contribution in [3.05, 3.63) is 52.8 Å². The van der Waals surface area contributed by atoms with Crippen molar-refractivity contribution in [3.8, 4) is 23.0 Å². The van der Waals surface area contributed by atoms with Crippen LogP contribution in [0.5, 0.6) is 23.0 Å². The molecule has 2 aromatic carbocycles. The summed E-state index contributed by atoms with van der Waals surface area (Å²) in [4.78, 5) is 24.6. The standard InChI is InChI=1S/C22H22O6/c1-12(2)22(24)28-16-9-7-15-20(23)19(27-21(15)13(16)3)11-14-6-8-17(25-4)18(10-14)26-5/h6-12H,1-5H3/b19-11-. The highest BCUT2D eigenvalue weighted by Gasteiger charge is 2.30. The summed E-state index contributed by atoms with van der Waals surface area (Å²) in [5.41, 5.74) is 1.78. The molecule has 0 N–H and O–H groups in total. The van der Waals surface area contributed by atoms with Crippen LogP contribution in [0.2, 0.25) is 0 Å². The molecule has 0 aliphatic carbocycles. The van der Waals surface area contributed by atoms with Gasteiger partial charge in [0.25, 0.3) is 0 Å². The molecule has 0 saturated heterocycles. The van der Waals surface area contributed by atoms with Gasteiger partial charge in [0.15, 0.2) is 17.3 Å². The van der Waals surface area contributed by atoms with Crippen molar-refractivity contribution in [1.29, 1.82) is 0 Å². The smallest absolute Gasteiger partial charge is 0.313 e. The average Bonchev–Trinajstić information content (AvgIpc) is 3.00. The zero-order valence-corrected chi connectivity index (χ0v) is 16.5. The van der Waals surface area contributed by atoms with Crippen molar-refractivity contribution in [2.45, 2.75) is 20.8 Å². The molecule has 1 aliphatic heterocycles. The van der Waals surface area contributed by atoms with Gasteiger partial charge in [0, 0.05) is 5.56 Å². The van der Waals surface area contributed by atoms with Gasteiger partial charge in [-0.15, -0.1) is 0 Å². The van der Waals surface area contributed by atoms with Gasteiger partial charge >= 0.3 is 5.97 Å². The first-order valence-electron chi connectivity index (χ1n) is 8.87. The first kappa shape index (κ1) is 19.5. The quantitative estimate of drug-likeness (QED) is 0.439. The van der Waals surface area contributed by atoms with Gasteiger partial charge in [-0.2, -0.15) is 0 Å². The Hall–Kier alpha value is -3.28. The van der Waals surface area contributed by atoms with Gasteiger partial charge in [0.2, 0.25) is 5.78 Å². The molecule has 0 unspecified atom stereocenters. The van der Waals surface area contributed by atoms with Crippen LogP contribution in [0.1, 0.15) is 35.3 Å². The van der Waals surface area contributed by atoms with E-state index in [-0.39, 0.29) is 23.4 Å². The van der Waals surface area contributed by atoms with Gasteiger partial charge in [-0.05, 0) is 42.8 Å². The molecule has 0 amide bonds. The summed E-state index contributed by atoms with van der Waals surface area (Å²) < 4.78 is 21.7. The second-order valence-electron chi connectivity index (χ2n) is 6.70. The van der Waals surface area contributed by atoms with Crippen LogP contribution in [0.3, 0.4) is 0 Å². The highest BCUT2D eigenvalue weighted by molar-refractivity contribution is 6.15. The number of esters is 1. The molecule has 0 aromatic heterocycles. The minimum absolute atomic E-state index is 0.192. The summed E-state index contributed by atoms with van der Waals surface area (Å²) >= 11 is 0. The average molecular weight is 382 g/mol. The van der Waals surface area contributed by atoms with Gasteiger partial charge in [0.1, 0.15) is 11.5 Å². The minimum Gasteiger partial charge on any atom is -0.493 e. The Morgan fingerprint density at radius 2 is 1.71 bits per heavy atom.